The Kier molecular flexibility index (Phi) is 4.97. The maximum Gasteiger partial charge on any atom is 0.152 e. The molecule has 0 saturated heterocycles. The van der Waals surface area contributed by atoms with Gasteiger partial charge in [-0.3, -0.25) is 5.41 Å². The number of nitrogens with zero attached hydrogens (tertiary/aromatic N) is 1. The second-order valence-corrected chi connectivity index (χ2v) is 1.72. The van der Waals surface area contributed by atoms with E-state index >= 15 is 0 Å². The standard InChI is InChI=1S/C6H7N.HNO2/c7-6-4-2-1-3-5-6;2-1-3/h7H,1-2,4H2;(H,2,3). The second-order valence-electron chi connectivity index (χ2n) is 1.72. The molecular formula is C6H8N2O2. The summed E-state index contributed by atoms with van der Waals surface area (Å²) in [5, 5.41) is 14.9. The van der Waals surface area contributed by atoms with Crippen LogP contribution in [0, 0.1) is 22.2 Å². The normalized spacial score (nSPS) is 13.8. The van der Waals surface area contributed by atoms with E-state index in [0.29, 0.717) is 5.71 Å². The van der Waals surface area contributed by atoms with Crippen molar-refractivity contribution in [2.24, 2.45) is 5.34 Å². The van der Waals surface area contributed by atoms with Gasteiger partial charge in [-0.25, -0.2) is 0 Å². The van der Waals surface area contributed by atoms with Crippen LogP contribution in [0.15, 0.2) is 5.34 Å². The number of hydrogen-bond donors (Lipinski definition) is 2. The summed E-state index contributed by atoms with van der Waals surface area (Å²) in [7, 11) is 0. The first-order valence-corrected chi connectivity index (χ1v) is 2.84. The van der Waals surface area contributed by atoms with Crippen molar-refractivity contribution in [2.45, 2.75) is 19.3 Å². The first kappa shape index (κ1) is 8.63. The average Bonchev–Trinajstić information content (AvgIpc) is 1.91. The van der Waals surface area contributed by atoms with Crippen LogP contribution >= 0.6 is 0 Å². The summed E-state index contributed by atoms with van der Waals surface area (Å²) in [6, 6.07) is 0. The van der Waals surface area contributed by atoms with E-state index in [2.05, 4.69) is 11.8 Å². The van der Waals surface area contributed by atoms with Crippen molar-refractivity contribution in [1.29, 1.82) is 5.41 Å². The highest BCUT2D eigenvalue weighted by Gasteiger charge is 1.94. The van der Waals surface area contributed by atoms with Gasteiger partial charge in [-0.1, -0.05) is 11.8 Å². The van der Waals surface area contributed by atoms with Crippen molar-refractivity contribution in [3.8, 4) is 11.8 Å². The van der Waals surface area contributed by atoms with Crippen LogP contribution in [0.25, 0.3) is 0 Å². The number of nitrogens with one attached hydrogen (secondary N) is 1. The van der Waals surface area contributed by atoms with Crippen molar-refractivity contribution in [3.05, 3.63) is 4.91 Å². The highest BCUT2D eigenvalue weighted by molar-refractivity contribution is 5.98. The first-order valence-electron chi connectivity index (χ1n) is 2.84. The topological polar surface area (TPSA) is 73.5 Å². The lowest BCUT2D eigenvalue weighted by molar-refractivity contribution is 0.312. The Labute approximate surface area is 58.7 Å². The van der Waals surface area contributed by atoms with Crippen molar-refractivity contribution < 1.29 is 5.21 Å². The van der Waals surface area contributed by atoms with Gasteiger partial charge in [-0.05, 0) is 12.8 Å². The Morgan fingerprint density at radius 1 is 1.70 bits per heavy atom. The molecule has 1 rings (SSSR count). The van der Waals surface area contributed by atoms with E-state index in [-0.39, 0.29) is 0 Å². The molecule has 0 aromatic heterocycles. The Balaban J connectivity index is 0.000000236. The molecule has 0 aromatic carbocycles. The van der Waals surface area contributed by atoms with E-state index in [1.165, 1.54) is 5.34 Å². The van der Waals surface area contributed by atoms with Crippen LogP contribution in [0.1, 0.15) is 19.3 Å². The third-order valence-electron chi connectivity index (χ3n) is 0.968. The van der Waals surface area contributed by atoms with Crippen molar-refractivity contribution in [2.75, 3.05) is 0 Å². The van der Waals surface area contributed by atoms with E-state index < -0.39 is 0 Å². The molecule has 0 spiro atoms. The van der Waals surface area contributed by atoms with Crippen molar-refractivity contribution in [3.63, 3.8) is 0 Å². The summed E-state index contributed by atoms with van der Waals surface area (Å²) in [5.74, 6) is 5.58. The van der Waals surface area contributed by atoms with Gasteiger partial charge in [-0.15, -0.1) is 4.91 Å². The smallest absolute Gasteiger partial charge is 0.152 e. The average molecular weight is 140 g/mol. The van der Waals surface area contributed by atoms with Gasteiger partial charge in [0.05, 0.1) is 5.71 Å². The SMILES string of the molecule is N=C1C#CCCC1.O=NO. The summed E-state index contributed by atoms with van der Waals surface area (Å²) in [5.41, 5.74) is 0.603. The number of rotatable bonds is 0. The molecule has 0 unspecified atom stereocenters. The van der Waals surface area contributed by atoms with Gasteiger partial charge in [0.25, 0.3) is 0 Å². The Bertz CT molecular complexity index is 178. The summed E-state index contributed by atoms with van der Waals surface area (Å²) in [4.78, 5) is 8.11. The molecule has 0 bridgehead atoms. The van der Waals surface area contributed by atoms with Gasteiger partial charge >= 0.3 is 0 Å². The van der Waals surface area contributed by atoms with Gasteiger partial charge in [0.2, 0.25) is 0 Å². The van der Waals surface area contributed by atoms with Crippen LogP contribution in [0.4, 0.5) is 0 Å². The van der Waals surface area contributed by atoms with E-state index in [4.69, 9.17) is 15.5 Å². The Morgan fingerprint density at radius 3 is 2.50 bits per heavy atom. The molecule has 0 atom stereocenters. The summed E-state index contributed by atoms with van der Waals surface area (Å²) in [6.45, 7) is 0. The van der Waals surface area contributed by atoms with E-state index in [1.807, 2.05) is 0 Å². The zero-order valence-electron chi connectivity index (χ0n) is 5.42. The lowest BCUT2D eigenvalue weighted by Gasteiger charge is -1.95. The highest BCUT2D eigenvalue weighted by Crippen LogP contribution is 1.98. The van der Waals surface area contributed by atoms with E-state index in [9.17, 15) is 0 Å². The Morgan fingerprint density at radius 2 is 2.30 bits per heavy atom. The molecule has 4 heteroatoms. The molecule has 0 aliphatic heterocycles. The predicted molar refractivity (Wildman–Crippen MR) is 36.9 cm³/mol. The fourth-order valence-corrected chi connectivity index (χ4v) is 0.585. The number of hydrogen-bond acceptors (Lipinski definition) is 3. The Hall–Kier alpha value is -1.37. The third-order valence-corrected chi connectivity index (χ3v) is 0.968. The first-order chi connectivity index (χ1) is 4.81. The van der Waals surface area contributed by atoms with E-state index in [1.54, 1.807) is 0 Å². The fourth-order valence-electron chi connectivity index (χ4n) is 0.585. The molecule has 1 aliphatic carbocycles. The van der Waals surface area contributed by atoms with Gasteiger partial charge in [0.1, 0.15) is 0 Å². The van der Waals surface area contributed by atoms with Crippen LogP contribution in [0.2, 0.25) is 0 Å². The lowest BCUT2D eigenvalue weighted by Crippen LogP contribution is -1.94. The molecule has 4 nitrogen and oxygen atoms in total. The predicted octanol–water partition coefficient (Wildman–Crippen LogP) is 1.34. The monoisotopic (exact) mass is 140 g/mol. The minimum absolute atomic E-state index is 0.603. The quantitative estimate of drug-likeness (QED) is 0.302. The molecule has 0 heterocycles. The minimum atomic E-state index is 0.603. The van der Waals surface area contributed by atoms with Crippen LogP contribution < -0.4 is 0 Å². The molecule has 2 N–H and O–H groups in total. The summed E-state index contributed by atoms with van der Waals surface area (Å²) >= 11 is 0. The molecule has 0 aromatic rings. The van der Waals surface area contributed by atoms with Crippen LogP contribution in [0.5, 0.6) is 0 Å². The van der Waals surface area contributed by atoms with E-state index in [0.717, 1.165) is 19.3 Å². The largest absolute Gasteiger partial charge is 0.379 e. The van der Waals surface area contributed by atoms with Crippen LogP contribution in [0.3, 0.4) is 0 Å². The zero-order chi connectivity index (χ0) is 7.82. The summed E-state index contributed by atoms with van der Waals surface area (Å²) < 4.78 is 0. The third kappa shape index (κ3) is 4.78. The second kappa shape index (κ2) is 5.76. The maximum absolute atomic E-state index is 8.11. The van der Waals surface area contributed by atoms with Crippen molar-refractivity contribution >= 4 is 5.71 Å². The van der Waals surface area contributed by atoms with Gasteiger partial charge in [0.15, 0.2) is 5.34 Å². The van der Waals surface area contributed by atoms with Crippen LogP contribution in [-0.2, 0) is 0 Å². The molecule has 0 amide bonds. The van der Waals surface area contributed by atoms with Gasteiger partial charge in [-0.2, -0.15) is 0 Å². The summed E-state index contributed by atoms with van der Waals surface area (Å²) in [6.07, 6.45) is 2.97. The molecule has 10 heavy (non-hydrogen) atoms. The zero-order valence-corrected chi connectivity index (χ0v) is 5.42. The van der Waals surface area contributed by atoms with Gasteiger partial charge < -0.3 is 5.21 Å². The lowest BCUT2D eigenvalue weighted by atomic mass is 10.1. The molecule has 54 valence electrons. The minimum Gasteiger partial charge on any atom is -0.379 e. The molecule has 0 radical (unpaired) electrons. The fraction of sp³-hybridized carbons (Fsp3) is 0.500. The maximum atomic E-state index is 8.11. The molecule has 0 saturated carbocycles. The van der Waals surface area contributed by atoms with Crippen molar-refractivity contribution in [1.82, 2.24) is 0 Å². The molecular weight excluding hydrogens is 132 g/mol. The van der Waals surface area contributed by atoms with Crippen LogP contribution in [-0.4, -0.2) is 10.9 Å². The molecule has 0 fully saturated rings. The molecule has 1 aliphatic rings. The van der Waals surface area contributed by atoms with Gasteiger partial charge in [0, 0.05) is 6.42 Å². The highest BCUT2D eigenvalue weighted by atomic mass is 16.6.